The smallest absolute Gasteiger partial charge is 0.257 e. The topological polar surface area (TPSA) is 55.4 Å². The van der Waals surface area contributed by atoms with E-state index in [0.29, 0.717) is 12.8 Å². The van der Waals surface area contributed by atoms with Gasteiger partial charge in [0.15, 0.2) is 12.9 Å². The Morgan fingerprint density at radius 1 is 1.56 bits per heavy atom. The molecule has 5 heteroatoms. The predicted molar refractivity (Wildman–Crippen MR) is 56.0 cm³/mol. The molecule has 0 bridgehead atoms. The molecule has 1 rings (SSSR count). The van der Waals surface area contributed by atoms with Gasteiger partial charge < -0.3 is 10.1 Å². The Morgan fingerprint density at radius 2 is 2.31 bits per heavy atom. The van der Waals surface area contributed by atoms with Crippen LogP contribution in [0.15, 0.2) is 18.2 Å². The summed E-state index contributed by atoms with van der Waals surface area (Å²) in [5, 5.41) is 2.54. The van der Waals surface area contributed by atoms with Gasteiger partial charge in [-0.2, -0.15) is 0 Å². The third-order valence-corrected chi connectivity index (χ3v) is 1.83. The van der Waals surface area contributed by atoms with E-state index in [1.807, 2.05) is 0 Å². The summed E-state index contributed by atoms with van der Waals surface area (Å²) >= 11 is 0. The Kier molecular flexibility index (Phi) is 4.44. The molecule has 0 spiro atoms. The third kappa shape index (κ3) is 3.34. The van der Waals surface area contributed by atoms with Crippen LogP contribution in [0.25, 0.3) is 0 Å². The van der Waals surface area contributed by atoms with Crippen molar-refractivity contribution in [1.82, 2.24) is 5.32 Å². The van der Waals surface area contributed by atoms with Gasteiger partial charge in [-0.3, -0.25) is 9.59 Å². The van der Waals surface area contributed by atoms with E-state index in [1.165, 1.54) is 12.1 Å². The molecule has 86 valence electrons. The van der Waals surface area contributed by atoms with Crippen LogP contribution in [0.1, 0.15) is 17.3 Å². The molecule has 1 N–H and O–H groups in total. The van der Waals surface area contributed by atoms with E-state index in [2.05, 4.69) is 5.32 Å². The standard InChI is InChI=1S/C11H12FNO3/c1-2-13-11(15)7-16-10-4-3-9(12)5-8(10)6-14/h3-6H,2,7H2,1H3,(H,13,15). The Bertz CT molecular complexity index is 393. The van der Waals surface area contributed by atoms with Crippen LogP contribution in [0.3, 0.4) is 0 Å². The summed E-state index contributed by atoms with van der Waals surface area (Å²) in [6, 6.07) is 3.54. The number of carbonyl (C=O) groups is 2. The number of aldehydes is 1. The first kappa shape index (κ1) is 12.2. The fourth-order valence-electron chi connectivity index (χ4n) is 1.13. The summed E-state index contributed by atoms with van der Waals surface area (Å²) < 4.78 is 17.8. The van der Waals surface area contributed by atoms with Gasteiger partial charge in [-0.05, 0) is 25.1 Å². The monoisotopic (exact) mass is 225 g/mol. The fourth-order valence-corrected chi connectivity index (χ4v) is 1.13. The van der Waals surface area contributed by atoms with Gasteiger partial charge in [0.1, 0.15) is 11.6 Å². The molecule has 1 aromatic rings. The van der Waals surface area contributed by atoms with Gasteiger partial charge in [0, 0.05) is 6.54 Å². The van der Waals surface area contributed by atoms with Gasteiger partial charge in [-0.15, -0.1) is 0 Å². The van der Waals surface area contributed by atoms with E-state index < -0.39 is 5.82 Å². The van der Waals surface area contributed by atoms with Gasteiger partial charge in [-0.25, -0.2) is 4.39 Å². The van der Waals surface area contributed by atoms with E-state index in [0.717, 1.165) is 6.07 Å². The second-order valence-corrected chi connectivity index (χ2v) is 3.04. The van der Waals surface area contributed by atoms with Crippen LogP contribution < -0.4 is 10.1 Å². The molecule has 0 atom stereocenters. The van der Waals surface area contributed by atoms with Crippen molar-refractivity contribution in [2.24, 2.45) is 0 Å². The van der Waals surface area contributed by atoms with Crippen molar-refractivity contribution in [2.75, 3.05) is 13.2 Å². The van der Waals surface area contributed by atoms with Gasteiger partial charge in [0.2, 0.25) is 0 Å². The van der Waals surface area contributed by atoms with Crippen LogP contribution in [-0.4, -0.2) is 25.3 Å². The first-order valence-corrected chi connectivity index (χ1v) is 4.81. The molecule has 0 saturated heterocycles. The van der Waals surface area contributed by atoms with Crippen LogP contribution in [0, 0.1) is 5.82 Å². The second kappa shape index (κ2) is 5.85. The fraction of sp³-hybridized carbons (Fsp3) is 0.273. The minimum Gasteiger partial charge on any atom is -0.483 e. The van der Waals surface area contributed by atoms with E-state index in [-0.39, 0.29) is 23.8 Å². The largest absolute Gasteiger partial charge is 0.483 e. The SMILES string of the molecule is CCNC(=O)COc1ccc(F)cc1C=O. The molecule has 16 heavy (non-hydrogen) atoms. The normalized spacial score (nSPS) is 9.62. The second-order valence-electron chi connectivity index (χ2n) is 3.04. The molecule has 4 nitrogen and oxygen atoms in total. The van der Waals surface area contributed by atoms with Crippen molar-refractivity contribution in [3.8, 4) is 5.75 Å². The van der Waals surface area contributed by atoms with E-state index >= 15 is 0 Å². The third-order valence-electron chi connectivity index (χ3n) is 1.83. The van der Waals surface area contributed by atoms with Crippen molar-refractivity contribution in [3.05, 3.63) is 29.6 Å². The van der Waals surface area contributed by atoms with Crippen LogP contribution in [-0.2, 0) is 4.79 Å². The van der Waals surface area contributed by atoms with E-state index in [1.54, 1.807) is 6.92 Å². The minimum absolute atomic E-state index is 0.0873. The Morgan fingerprint density at radius 3 is 2.94 bits per heavy atom. The highest BCUT2D eigenvalue weighted by Gasteiger charge is 2.06. The maximum absolute atomic E-state index is 12.8. The zero-order valence-corrected chi connectivity index (χ0v) is 8.83. The highest BCUT2D eigenvalue weighted by atomic mass is 19.1. The van der Waals surface area contributed by atoms with E-state index in [4.69, 9.17) is 4.74 Å². The van der Waals surface area contributed by atoms with Crippen molar-refractivity contribution in [2.45, 2.75) is 6.92 Å². The van der Waals surface area contributed by atoms with Crippen LogP contribution in [0.2, 0.25) is 0 Å². The predicted octanol–water partition coefficient (Wildman–Crippen LogP) is 1.15. The van der Waals surface area contributed by atoms with Crippen LogP contribution >= 0.6 is 0 Å². The molecule has 0 radical (unpaired) electrons. The number of likely N-dealkylation sites (N-methyl/N-ethyl adjacent to an activating group) is 1. The summed E-state index contributed by atoms with van der Waals surface area (Å²) in [6.07, 6.45) is 0.482. The van der Waals surface area contributed by atoms with Gasteiger partial charge >= 0.3 is 0 Å². The first-order chi connectivity index (χ1) is 7.67. The first-order valence-electron chi connectivity index (χ1n) is 4.81. The molecular weight excluding hydrogens is 213 g/mol. The molecule has 0 unspecified atom stereocenters. The molecule has 1 amide bonds. The summed E-state index contributed by atoms with van der Waals surface area (Å²) in [4.78, 5) is 21.7. The molecule has 0 aromatic heterocycles. The molecule has 0 heterocycles. The minimum atomic E-state index is -0.521. The number of ether oxygens (including phenoxy) is 1. The van der Waals surface area contributed by atoms with Crippen molar-refractivity contribution in [3.63, 3.8) is 0 Å². The van der Waals surface area contributed by atoms with Crippen molar-refractivity contribution < 1.29 is 18.7 Å². The molecule has 0 aliphatic rings. The van der Waals surface area contributed by atoms with Crippen LogP contribution in [0.4, 0.5) is 4.39 Å². The van der Waals surface area contributed by atoms with E-state index in [9.17, 15) is 14.0 Å². The average Bonchev–Trinajstić information content (AvgIpc) is 2.27. The Balaban J connectivity index is 2.66. The zero-order valence-electron chi connectivity index (χ0n) is 8.83. The van der Waals surface area contributed by atoms with Crippen molar-refractivity contribution in [1.29, 1.82) is 0 Å². The number of rotatable bonds is 5. The molecule has 1 aromatic carbocycles. The summed E-state index contributed by atoms with van der Waals surface area (Å²) in [5.74, 6) is -0.612. The molecule has 0 aliphatic carbocycles. The summed E-state index contributed by atoms with van der Waals surface area (Å²) in [5.41, 5.74) is 0.0873. The number of benzene rings is 1. The van der Waals surface area contributed by atoms with Crippen LogP contribution in [0.5, 0.6) is 5.75 Å². The highest BCUT2D eigenvalue weighted by Crippen LogP contribution is 2.17. The van der Waals surface area contributed by atoms with Crippen molar-refractivity contribution >= 4 is 12.2 Å². The number of halogens is 1. The Labute approximate surface area is 92.4 Å². The van der Waals surface area contributed by atoms with Gasteiger partial charge in [-0.1, -0.05) is 0 Å². The molecule has 0 saturated carbocycles. The number of hydrogen-bond donors (Lipinski definition) is 1. The summed E-state index contributed by atoms with van der Waals surface area (Å²) in [6.45, 7) is 2.10. The molecule has 0 aliphatic heterocycles. The number of nitrogens with one attached hydrogen (secondary N) is 1. The number of hydrogen-bond acceptors (Lipinski definition) is 3. The van der Waals surface area contributed by atoms with Gasteiger partial charge in [0.05, 0.1) is 5.56 Å². The lowest BCUT2D eigenvalue weighted by atomic mass is 10.2. The lowest BCUT2D eigenvalue weighted by molar-refractivity contribution is -0.122. The number of carbonyl (C=O) groups excluding carboxylic acids is 2. The lowest BCUT2D eigenvalue weighted by Gasteiger charge is -2.07. The average molecular weight is 225 g/mol. The maximum atomic E-state index is 12.8. The highest BCUT2D eigenvalue weighted by molar-refractivity contribution is 5.80. The summed E-state index contributed by atoms with van der Waals surface area (Å²) in [7, 11) is 0. The maximum Gasteiger partial charge on any atom is 0.257 e. The zero-order chi connectivity index (χ0) is 12.0. The molecule has 0 fully saturated rings. The lowest BCUT2D eigenvalue weighted by Crippen LogP contribution is -2.28. The van der Waals surface area contributed by atoms with Gasteiger partial charge in [0.25, 0.3) is 5.91 Å². The Hall–Kier alpha value is -1.91. The number of amides is 1. The molecular formula is C11H12FNO3. The quantitative estimate of drug-likeness (QED) is 0.765.